The van der Waals surface area contributed by atoms with Crippen molar-refractivity contribution in [1.82, 2.24) is 0 Å². The third-order valence-electron chi connectivity index (χ3n) is 2.91. The largest absolute Gasteiger partial charge is 1.00 e. The van der Waals surface area contributed by atoms with Crippen molar-refractivity contribution >= 4 is 56.2 Å². The Balaban J connectivity index is 0.00000312. The van der Waals surface area contributed by atoms with Crippen molar-refractivity contribution in [3.05, 3.63) is 57.0 Å². The van der Waals surface area contributed by atoms with Crippen LogP contribution < -0.4 is 39.4 Å². The maximum absolute atomic E-state index is 12.7. The summed E-state index contributed by atoms with van der Waals surface area (Å²) in [4.78, 5) is -0.432. The van der Waals surface area contributed by atoms with Crippen molar-refractivity contribution < 1.29 is 47.8 Å². The van der Waals surface area contributed by atoms with Gasteiger partial charge in [0.05, 0.1) is 19.8 Å². The van der Waals surface area contributed by atoms with Gasteiger partial charge >= 0.3 is 29.6 Å². The van der Waals surface area contributed by atoms with Crippen LogP contribution in [0.3, 0.4) is 0 Å². The summed E-state index contributed by atoms with van der Waals surface area (Å²) in [6, 6.07) is 4.42. The third-order valence-corrected chi connectivity index (χ3v) is 5.75. The summed E-state index contributed by atoms with van der Waals surface area (Å²) < 4.78 is 30.7. The van der Waals surface area contributed by atoms with Crippen LogP contribution in [0.1, 0.15) is 0 Å². The molecule has 0 heterocycles. The standard InChI is InChI=1S/C15H10Cl4O4S.Na/c1-2-3-23-15-12(18)6-9(7-13(15)19)24(21,22)8-4-10(16)14(20)11(17)5-8;/h2,4-7,20H,1,3H2;/q;+1/p-1. The minimum absolute atomic E-state index is 0. The zero-order valence-electron chi connectivity index (χ0n) is 12.9. The summed E-state index contributed by atoms with van der Waals surface area (Å²) in [6.07, 6.45) is 1.49. The molecule has 2 aromatic rings. The summed E-state index contributed by atoms with van der Waals surface area (Å²) in [5.74, 6) is -0.510. The second-order valence-electron chi connectivity index (χ2n) is 4.54. The average Bonchev–Trinajstić information content (AvgIpc) is 2.51. The topological polar surface area (TPSA) is 66.4 Å². The molecule has 4 nitrogen and oxygen atoms in total. The van der Waals surface area contributed by atoms with E-state index in [1.165, 1.54) is 18.2 Å². The molecule has 0 fully saturated rings. The molecule has 25 heavy (non-hydrogen) atoms. The first-order valence-electron chi connectivity index (χ1n) is 6.32. The van der Waals surface area contributed by atoms with Gasteiger partial charge in [-0.25, -0.2) is 8.42 Å². The van der Waals surface area contributed by atoms with Gasteiger partial charge in [-0.05, 0) is 24.3 Å². The molecule has 0 aliphatic carbocycles. The molecule has 0 saturated carbocycles. The zero-order valence-corrected chi connectivity index (χ0v) is 18.7. The molecular weight excluding hydrogens is 441 g/mol. The van der Waals surface area contributed by atoms with Crippen LogP contribution in [0.4, 0.5) is 0 Å². The molecule has 2 rings (SSSR count). The molecule has 0 unspecified atom stereocenters. The Morgan fingerprint density at radius 1 is 0.960 bits per heavy atom. The van der Waals surface area contributed by atoms with Gasteiger partial charge < -0.3 is 9.84 Å². The first kappa shape index (κ1) is 22.9. The summed E-state index contributed by atoms with van der Waals surface area (Å²) in [7, 11) is -4.04. The molecule has 0 aliphatic heterocycles. The normalized spacial score (nSPS) is 10.9. The molecule has 0 spiro atoms. The molecule has 2 aromatic carbocycles. The molecule has 0 bridgehead atoms. The van der Waals surface area contributed by atoms with E-state index in [0.29, 0.717) is 0 Å². The van der Waals surface area contributed by atoms with E-state index in [2.05, 4.69) is 6.58 Å². The summed E-state index contributed by atoms with van der Waals surface area (Å²) in [5, 5.41) is 10.9. The summed E-state index contributed by atoms with van der Waals surface area (Å²) >= 11 is 23.5. The van der Waals surface area contributed by atoms with Crippen molar-refractivity contribution in [2.24, 2.45) is 0 Å². The minimum Gasteiger partial charge on any atom is -0.870 e. The van der Waals surface area contributed by atoms with Crippen molar-refractivity contribution in [1.29, 1.82) is 0 Å². The Bertz CT molecular complexity index is 870. The predicted molar refractivity (Wildman–Crippen MR) is 93.5 cm³/mol. The molecule has 10 heteroatoms. The fourth-order valence-electron chi connectivity index (χ4n) is 1.80. The minimum atomic E-state index is -4.04. The Morgan fingerprint density at radius 2 is 1.36 bits per heavy atom. The summed E-state index contributed by atoms with van der Waals surface area (Å²) in [5.41, 5.74) is 0. The zero-order chi connectivity index (χ0) is 18.1. The molecule has 0 radical (unpaired) electrons. The molecular formula is C15H9Cl4NaO4S. The van der Waals surface area contributed by atoms with Gasteiger partial charge in [-0.1, -0.05) is 64.8 Å². The van der Waals surface area contributed by atoms with Crippen molar-refractivity contribution in [2.45, 2.75) is 9.79 Å². The van der Waals surface area contributed by atoms with Gasteiger partial charge in [0.25, 0.3) is 0 Å². The van der Waals surface area contributed by atoms with E-state index in [0.717, 1.165) is 12.1 Å². The SMILES string of the molecule is C=CCOc1c(Cl)cc(S(=O)(=O)c2cc(Cl)c([O-])c(Cl)c2)cc1Cl.[Na+]. The van der Waals surface area contributed by atoms with Crippen LogP contribution in [0, 0.1) is 0 Å². The molecule has 0 atom stereocenters. The van der Waals surface area contributed by atoms with Crippen LogP contribution in [-0.2, 0) is 9.84 Å². The monoisotopic (exact) mass is 448 g/mol. The Hall–Kier alpha value is -0.110. The first-order chi connectivity index (χ1) is 11.2. The molecule has 0 aromatic heterocycles. The van der Waals surface area contributed by atoms with E-state index in [1.54, 1.807) is 0 Å². The van der Waals surface area contributed by atoms with E-state index in [9.17, 15) is 13.5 Å². The average molecular weight is 450 g/mol. The van der Waals surface area contributed by atoms with E-state index in [-0.39, 0.29) is 71.8 Å². The van der Waals surface area contributed by atoms with Crippen LogP contribution in [0.15, 0.2) is 46.7 Å². The van der Waals surface area contributed by atoms with Gasteiger partial charge in [-0.15, -0.1) is 0 Å². The smallest absolute Gasteiger partial charge is 0.870 e. The van der Waals surface area contributed by atoms with Crippen LogP contribution in [0.2, 0.25) is 20.1 Å². The molecule has 0 amide bonds. The van der Waals surface area contributed by atoms with E-state index in [4.69, 9.17) is 51.1 Å². The first-order valence-corrected chi connectivity index (χ1v) is 9.32. The van der Waals surface area contributed by atoms with Crippen LogP contribution in [0.25, 0.3) is 0 Å². The number of halogens is 4. The van der Waals surface area contributed by atoms with Crippen LogP contribution in [0.5, 0.6) is 11.5 Å². The molecule has 0 saturated heterocycles. The molecule has 0 aliphatic rings. The number of ether oxygens (including phenoxy) is 1. The second-order valence-corrected chi connectivity index (χ2v) is 8.11. The van der Waals surface area contributed by atoms with Gasteiger partial charge in [-0.2, -0.15) is 0 Å². The van der Waals surface area contributed by atoms with Gasteiger partial charge in [0.15, 0.2) is 5.75 Å². The van der Waals surface area contributed by atoms with Crippen molar-refractivity contribution in [2.75, 3.05) is 6.61 Å². The number of benzene rings is 2. The molecule has 0 N–H and O–H groups in total. The van der Waals surface area contributed by atoms with Crippen molar-refractivity contribution in [3.63, 3.8) is 0 Å². The fraction of sp³-hybridized carbons (Fsp3) is 0.0667. The number of hydrogen-bond donors (Lipinski definition) is 0. The van der Waals surface area contributed by atoms with Gasteiger partial charge in [0.2, 0.25) is 9.84 Å². The second kappa shape index (κ2) is 9.20. The number of rotatable bonds is 5. The van der Waals surface area contributed by atoms with E-state index < -0.39 is 15.6 Å². The number of hydrogen-bond acceptors (Lipinski definition) is 4. The number of sulfone groups is 1. The fourth-order valence-corrected chi connectivity index (χ4v) is 4.51. The quantitative estimate of drug-likeness (QED) is 0.515. The third kappa shape index (κ3) is 4.99. The van der Waals surface area contributed by atoms with Crippen LogP contribution in [-0.4, -0.2) is 15.0 Å². The predicted octanol–water partition coefficient (Wildman–Crippen LogP) is 1.78. The van der Waals surface area contributed by atoms with Crippen molar-refractivity contribution in [3.8, 4) is 11.5 Å². The van der Waals surface area contributed by atoms with E-state index in [1.807, 2.05) is 0 Å². The Labute approximate surface area is 187 Å². The van der Waals surface area contributed by atoms with E-state index >= 15 is 0 Å². The maximum atomic E-state index is 12.7. The maximum Gasteiger partial charge on any atom is 1.00 e. The van der Waals surface area contributed by atoms with Crippen LogP contribution >= 0.6 is 46.4 Å². The van der Waals surface area contributed by atoms with Gasteiger partial charge in [0, 0.05) is 10.0 Å². The Kier molecular flexibility index (Phi) is 8.44. The van der Waals surface area contributed by atoms with Gasteiger partial charge in [0.1, 0.15) is 6.61 Å². The Morgan fingerprint density at radius 3 is 1.76 bits per heavy atom. The molecule has 128 valence electrons. The van der Waals surface area contributed by atoms with Gasteiger partial charge in [-0.3, -0.25) is 0 Å². The summed E-state index contributed by atoms with van der Waals surface area (Å²) in [6.45, 7) is 3.65.